The molecule has 2 fully saturated rings. The van der Waals surface area contributed by atoms with Crippen molar-refractivity contribution in [3.05, 3.63) is 23.8 Å². The van der Waals surface area contributed by atoms with Gasteiger partial charge in [-0.2, -0.15) is 4.99 Å². The van der Waals surface area contributed by atoms with Gasteiger partial charge < -0.3 is 14.4 Å². The highest BCUT2D eigenvalue weighted by Crippen LogP contribution is 2.54. The topological polar surface area (TPSA) is 51.1 Å². The van der Waals surface area contributed by atoms with Crippen molar-refractivity contribution in [2.45, 2.75) is 37.3 Å². The van der Waals surface area contributed by atoms with E-state index < -0.39 is 5.54 Å². The van der Waals surface area contributed by atoms with E-state index in [-0.39, 0.29) is 6.10 Å². The summed E-state index contributed by atoms with van der Waals surface area (Å²) in [5.74, 6) is 1.44. The minimum Gasteiger partial charge on any atom is -0.492 e. The summed E-state index contributed by atoms with van der Waals surface area (Å²) in [6, 6.07) is 5.84. The van der Waals surface area contributed by atoms with E-state index in [4.69, 9.17) is 9.47 Å². The number of para-hydroxylation sites is 1. The molecular weight excluding hydrogens is 280 g/mol. The van der Waals surface area contributed by atoms with Gasteiger partial charge in [0.15, 0.2) is 11.5 Å². The number of likely N-dealkylation sites (tertiary alicyclic amines) is 1. The summed E-state index contributed by atoms with van der Waals surface area (Å²) < 4.78 is 11.8. The van der Waals surface area contributed by atoms with Crippen LogP contribution in [0.2, 0.25) is 0 Å². The third-order valence-electron chi connectivity index (χ3n) is 4.54. The lowest BCUT2D eigenvalue weighted by Crippen LogP contribution is -2.38. The van der Waals surface area contributed by atoms with Gasteiger partial charge in [0.25, 0.3) is 0 Å². The van der Waals surface area contributed by atoms with Crippen molar-refractivity contribution in [2.75, 3.05) is 27.2 Å². The molecule has 0 amide bonds. The van der Waals surface area contributed by atoms with Crippen LogP contribution >= 0.6 is 0 Å². The molecule has 0 spiro atoms. The molecule has 0 aromatic heterocycles. The van der Waals surface area contributed by atoms with Gasteiger partial charge in [-0.05, 0) is 45.3 Å². The summed E-state index contributed by atoms with van der Waals surface area (Å²) in [6.45, 7) is 2.04. The molecule has 5 heteroatoms. The lowest BCUT2D eigenvalue weighted by molar-refractivity contribution is 0.101. The van der Waals surface area contributed by atoms with Gasteiger partial charge in [0.05, 0.1) is 7.11 Å². The number of carbonyl (C=O) groups excluding carboxylic acids is 1. The minimum absolute atomic E-state index is 0.174. The highest BCUT2D eigenvalue weighted by Gasteiger charge is 2.47. The Morgan fingerprint density at radius 3 is 2.86 bits per heavy atom. The number of aliphatic imine (C=N–C) groups is 1. The highest BCUT2D eigenvalue weighted by molar-refractivity contribution is 5.53. The quantitative estimate of drug-likeness (QED) is 0.619. The van der Waals surface area contributed by atoms with Crippen LogP contribution in [0.3, 0.4) is 0 Å². The van der Waals surface area contributed by atoms with E-state index in [2.05, 4.69) is 16.9 Å². The fraction of sp³-hybridized carbons (Fsp3) is 0.588. The fourth-order valence-corrected chi connectivity index (χ4v) is 3.23. The third-order valence-corrected chi connectivity index (χ3v) is 4.54. The summed E-state index contributed by atoms with van der Waals surface area (Å²) in [4.78, 5) is 17.0. The number of hydrogen-bond donors (Lipinski definition) is 0. The average Bonchev–Trinajstić information content (AvgIpc) is 3.28. The van der Waals surface area contributed by atoms with Gasteiger partial charge in [0.2, 0.25) is 6.08 Å². The Labute approximate surface area is 130 Å². The summed E-state index contributed by atoms with van der Waals surface area (Å²) in [5, 5.41) is 0. The largest absolute Gasteiger partial charge is 0.492 e. The van der Waals surface area contributed by atoms with Crippen molar-refractivity contribution < 1.29 is 14.3 Å². The van der Waals surface area contributed by atoms with E-state index in [1.807, 2.05) is 18.2 Å². The van der Waals surface area contributed by atoms with E-state index in [1.54, 1.807) is 13.2 Å². The van der Waals surface area contributed by atoms with E-state index in [0.717, 1.165) is 50.1 Å². The Balaban J connectivity index is 1.87. The number of likely N-dealkylation sites (N-methyl/N-ethyl adjacent to an activating group) is 1. The first-order valence-corrected chi connectivity index (χ1v) is 7.80. The molecule has 1 heterocycles. The van der Waals surface area contributed by atoms with Crippen molar-refractivity contribution in [3.8, 4) is 11.5 Å². The molecule has 2 aliphatic rings. The van der Waals surface area contributed by atoms with Crippen LogP contribution in [0.5, 0.6) is 11.5 Å². The molecular formula is C17H22N2O3. The molecule has 118 valence electrons. The Hall–Kier alpha value is -1.84. The minimum atomic E-state index is -0.449. The number of benzene rings is 1. The standard InChI is InChI=1S/C17H22N2O3/c1-19-10-4-5-13(11-19)22-15-7-3-6-14(16(15)21-2)17(8-9-17)18-12-20/h3,6-7,13H,4-5,8-11H2,1-2H3. The fourth-order valence-electron chi connectivity index (χ4n) is 3.23. The molecule has 1 atom stereocenters. The molecule has 0 radical (unpaired) electrons. The predicted octanol–water partition coefficient (Wildman–Crippen LogP) is 2.49. The number of hydrogen-bond acceptors (Lipinski definition) is 5. The first-order chi connectivity index (χ1) is 10.7. The van der Waals surface area contributed by atoms with Crippen molar-refractivity contribution in [2.24, 2.45) is 4.99 Å². The Morgan fingerprint density at radius 1 is 1.41 bits per heavy atom. The molecule has 1 aliphatic heterocycles. The van der Waals surface area contributed by atoms with Crippen LogP contribution in [-0.4, -0.2) is 44.3 Å². The van der Waals surface area contributed by atoms with Crippen LogP contribution in [0, 0.1) is 0 Å². The van der Waals surface area contributed by atoms with Crippen LogP contribution in [0.4, 0.5) is 0 Å². The van der Waals surface area contributed by atoms with Crippen molar-refractivity contribution in [3.63, 3.8) is 0 Å². The van der Waals surface area contributed by atoms with Gasteiger partial charge >= 0.3 is 0 Å². The molecule has 0 bridgehead atoms. The maximum Gasteiger partial charge on any atom is 0.235 e. The van der Waals surface area contributed by atoms with Crippen LogP contribution in [0.1, 0.15) is 31.2 Å². The zero-order valence-electron chi connectivity index (χ0n) is 13.2. The Morgan fingerprint density at radius 2 is 2.23 bits per heavy atom. The van der Waals surface area contributed by atoms with Gasteiger partial charge in [-0.3, -0.25) is 0 Å². The zero-order chi connectivity index (χ0) is 15.6. The monoisotopic (exact) mass is 302 g/mol. The number of nitrogens with zero attached hydrogens (tertiary/aromatic N) is 2. The van der Waals surface area contributed by atoms with Crippen molar-refractivity contribution in [1.29, 1.82) is 0 Å². The summed E-state index contributed by atoms with van der Waals surface area (Å²) in [7, 11) is 3.75. The summed E-state index contributed by atoms with van der Waals surface area (Å²) in [6.07, 6.45) is 5.78. The number of rotatable bonds is 5. The van der Waals surface area contributed by atoms with Crippen LogP contribution in [0.25, 0.3) is 0 Å². The second kappa shape index (κ2) is 6.11. The van der Waals surface area contributed by atoms with Gasteiger partial charge in [0.1, 0.15) is 11.6 Å². The average molecular weight is 302 g/mol. The highest BCUT2D eigenvalue weighted by atomic mass is 16.5. The SMILES string of the molecule is COc1c(OC2CCCN(C)C2)cccc1C1(N=C=O)CC1. The van der Waals surface area contributed by atoms with E-state index in [0.29, 0.717) is 5.75 Å². The van der Waals surface area contributed by atoms with E-state index in [1.165, 1.54) is 0 Å². The lowest BCUT2D eigenvalue weighted by Gasteiger charge is -2.30. The Kier molecular flexibility index (Phi) is 4.19. The Bertz CT molecular complexity index is 592. The third kappa shape index (κ3) is 2.87. The predicted molar refractivity (Wildman–Crippen MR) is 83.2 cm³/mol. The number of methoxy groups -OCH3 is 1. The molecule has 0 N–H and O–H groups in total. The molecule has 22 heavy (non-hydrogen) atoms. The van der Waals surface area contributed by atoms with Gasteiger partial charge in [-0.25, -0.2) is 4.79 Å². The smallest absolute Gasteiger partial charge is 0.235 e. The maximum absolute atomic E-state index is 10.7. The van der Waals surface area contributed by atoms with Gasteiger partial charge in [-0.1, -0.05) is 12.1 Å². The zero-order valence-corrected chi connectivity index (χ0v) is 13.2. The normalized spacial score (nSPS) is 23.5. The molecule has 1 aliphatic carbocycles. The molecule has 1 saturated carbocycles. The second-order valence-corrected chi connectivity index (χ2v) is 6.22. The van der Waals surface area contributed by atoms with Crippen LogP contribution in [-0.2, 0) is 10.3 Å². The van der Waals surface area contributed by atoms with E-state index in [9.17, 15) is 4.79 Å². The lowest BCUT2D eigenvalue weighted by atomic mass is 10.0. The number of isocyanates is 1. The van der Waals surface area contributed by atoms with Crippen LogP contribution in [0.15, 0.2) is 23.2 Å². The molecule has 1 saturated heterocycles. The van der Waals surface area contributed by atoms with Gasteiger partial charge in [-0.15, -0.1) is 0 Å². The van der Waals surface area contributed by atoms with Gasteiger partial charge in [0, 0.05) is 12.1 Å². The molecule has 1 aromatic carbocycles. The summed E-state index contributed by atoms with van der Waals surface area (Å²) >= 11 is 0. The van der Waals surface area contributed by atoms with E-state index >= 15 is 0 Å². The number of piperidine rings is 1. The summed E-state index contributed by atoms with van der Waals surface area (Å²) in [5.41, 5.74) is 0.482. The second-order valence-electron chi connectivity index (χ2n) is 6.22. The van der Waals surface area contributed by atoms with Crippen molar-refractivity contribution in [1.82, 2.24) is 4.90 Å². The first kappa shape index (κ1) is 15.1. The molecule has 3 rings (SSSR count). The number of ether oxygens (including phenoxy) is 2. The van der Waals surface area contributed by atoms with Crippen molar-refractivity contribution >= 4 is 6.08 Å². The first-order valence-electron chi connectivity index (χ1n) is 7.80. The van der Waals surface area contributed by atoms with Crippen LogP contribution < -0.4 is 9.47 Å². The maximum atomic E-state index is 10.7. The molecule has 1 aromatic rings. The molecule has 5 nitrogen and oxygen atoms in total. The molecule has 1 unspecified atom stereocenters.